The van der Waals surface area contributed by atoms with Crippen LogP contribution in [0.2, 0.25) is 0 Å². The zero-order chi connectivity index (χ0) is 21.9. The second kappa shape index (κ2) is 8.68. The fraction of sp³-hybridized carbons (Fsp3) is 0.238. The minimum absolute atomic E-state index is 0.0241. The summed E-state index contributed by atoms with van der Waals surface area (Å²) in [5.41, 5.74) is 3.47. The molecule has 158 valence electrons. The van der Waals surface area contributed by atoms with Crippen molar-refractivity contribution in [1.82, 2.24) is 9.88 Å². The summed E-state index contributed by atoms with van der Waals surface area (Å²) in [5.74, 6) is 0.0278. The number of anilines is 1. The van der Waals surface area contributed by atoms with E-state index in [1.165, 1.54) is 20.1 Å². The highest BCUT2D eigenvalue weighted by Gasteiger charge is 2.23. The van der Waals surface area contributed by atoms with Gasteiger partial charge in [0.15, 0.2) is 0 Å². The topological polar surface area (TPSA) is 111 Å². The Labute approximate surface area is 175 Å². The van der Waals surface area contributed by atoms with Crippen molar-refractivity contribution in [1.29, 1.82) is 0 Å². The number of rotatable bonds is 7. The standard InChI is InChI=1S/C21H23N3O5S/c1-13-5-7-16(8-6-13)12-22-30(26,27)19-11-17(9-10-18(19)28-4)20-14(2)24-29-21(20)23-15(3)25/h5-11,22H,12H2,1-4H3,(H,23,25). The monoisotopic (exact) mass is 429 g/mol. The van der Waals surface area contributed by atoms with E-state index in [1.807, 2.05) is 31.2 Å². The van der Waals surface area contributed by atoms with E-state index in [0.717, 1.165) is 11.1 Å². The van der Waals surface area contributed by atoms with E-state index in [4.69, 9.17) is 9.26 Å². The lowest BCUT2D eigenvalue weighted by atomic mass is 10.1. The quantitative estimate of drug-likeness (QED) is 0.596. The lowest BCUT2D eigenvalue weighted by Crippen LogP contribution is -2.23. The van der Waals surface area contributed by atoms with Gasteiger partial charge >= 0.3 is 0 Å². The molecule has 9 heteroatoms. The molecule has 0 radical (unpaired) electrons. The van der Waals surface area contributed by atoms with Crippen molar-refractivity contribution in [2.24, 2.45) is 0 Å². The van der Waals surface area contributed by atoms with E-state index in [2.05, 4.69) is 15.2 Å². The first-order valence-electron chi connectivity index (χ1n) is 9.18. The van der Waals surface area contributed by atoms with Gasteiger partial charge in [0, 0.05) is 13.5 Å². The van der Waals surface area contributed by atoms with Gasteiger partial charge in [0.1, 0.15) is 10.6 Å². The summed E-state index contributed by atoms with van der Waals surface area (Å²) in [6.45, 7) is 5.16. The first-order valence-corrected chi connectivity index (χ1v) is 10.7. The summed E-state index contributed by atoms with van der Waals surface area (Å²) in [4.78, 5) is 11.4. The van der Waals surface area contributed by atoms with Crippen molar-refractivity contribution >= 4 is 21.8 Å². The van der Waals surface area contributed by atoms with Crippen molar-refractivity contribution in [3.05, 3.63) is 59.3 Å². The van der Waals surface area contributed by atoms with E-state index in [1.54, 1.807) is 19.1 Å². The van der Waals surface area contributed by atoms with Gasteiger partial charge in [-0.3, -0.25) is 10.1 Å². The Hall–Kier alpha value is -3.17. The number of carbonyl (C=O) groups is 1. The number of sulfonamides is 1. The van der Waals surface area contributed by atoms with Crippen LogP contribution in [0.1, 0.15) is 23.7 Å². The molecule has 1 amide bonds. The molecule has 0 spiro atoms. The Balaban J connectivity index is 1.97. The minimum atomic E-state index is -3.89. The summed E-state index contributed by atoms with van der Waals surface area (Å²) in [6.07, 6.45) is 0. The lowest BCUT2D eigenvalue weighted by Gasteiger charge is -2.13. The van der Waals surface area contributed by atoms with Crippen molar-refractivity contribution < 1.29 is 22.5 Å². The van der Waals surface area contributed by atoms with Crippen LogP contribution in [-0.4, -0.2) is 26.6 Å². The van der Waals surface area contributed by atoms with Crippen molar-refractivity contribution in [3.8, 4) is 16.9 Å². The van der Waals surface area contributed by atoms with Crippen LogP contribution in [-0.2, 0) is 21.4 Å². The molecule has 2 aromatic carbocycles. The molecule has 0 aliphatic heterocycles. The Morgan fingerprint density at radius 2 is 1.83 bits per heavy atom. The molecule has 0 bridgehead atoms. The van der Waals surface area contributed by atoms with Crippen LogP contribution in [0, 0.1) is 13.8 Å². The maximum atomic E-state index is 13.0. The van der Waals surface area contributed by atoms with Crippen LogP contribution in [0.15, 0.2) is 51.9 Å². The summed E-state index contributed by atoms with van der Waals surface area (Å²) < 4.78 is 39.1. The second-order valence-corrected chi connectivity index (χ2v) is 8.56. The number of ether oxygens (including phenoxy) is 1. The number of methoxy groups -OCH3 is 1. The average molecular weight is 429 g/mol. The average Bonchev–Trinajstić information content (AvgIpc) is 3.06. The van der Waals surface area contributed by atoms with E-state index >= 15 is 0 Å². The molecule has 3 rings (SSSR count). The van der Waals surface area contributed by atoms with Crippen molar-refractivity contribution in [3.63, 3.8) is 0 Å². The van der Waals surface area contributed by atoms with Crippen LogP contribution < -0.4 is 14.8 Å². The Morgan fingerprint density at radius 1 is 1.13 bits per heavy atom. The number of aromatic nitrogens is 1. The molecule has 2 N–H and O–H groups in total. The van der Waals surface area contributed by atoms with E-state index < -0.39 is 10.0 Å². The van der Waals surface area contributed by atoms with Crippen LogP contribution in [0.25, 0.3) is 11.1 Å². The van der Waals surface area contributed by atoms with Gasteiger partial charge < -0.3 is 9.26 Å². The zero-order valence-corrected chi connectivity index (χ0v) is 18.0. The molecule has 0 saturated carbocycles. The molecule has 8 nitrogen and oxygen atoms in total. The number of nitrogens with zero attached hydrogens (tertiary/aromatic N) is 1. The number of carbonyl (C=O) groups excluding carboxylic acids is 1. The highest BCUT2D eigenvalue weighted by Crippen LogP contribution is 2.35. The first kappa shape index (κ1) is 21.5. The normalized spacial score (nSPS) is 11.3. The highest BCUT2D eigenvalue weighted by molar-refractivity contribution is 7.89. The number of amides is 1. The van der Waals surface area contributed by atoms with Crippen LogP contribution >= 0.6 is 0 Å². The first-order chi connectivity index (χ1) is 14.2. The van der Waals surface area contributed by atoms with Gasteiger partial charge in [0.2, 0.25) is 21.8 Å². The molecule has 0 saturated heterocycles. The third-order valence-electron chi connectivity index (χ3n) is 4.48. The smallest absolute Gasteiger partial charge is 0.244 e. The molecule has 1 aromatic heterocycles. The predicted molar refractivity (Wildman–Crippen MR) is 113 cm³/mol. The van der Waals surface area contributed by atoms with E-state index in [0.29, 0.717) is 16.8 Å². The Bertz CT molecular complexity index is 1170. The molecule has 0 atom stereocenters. The maximum absolute atomic E-state index is 13.0. The molecule has 30 heavy (non-hydrogen) atoms. The fourth-order valence-electron chi connectivity index (χ4n) is 2.96. The zero-order valence-electron chi connectivity index (χ0n) is 17.1. The number of nitrogens with one attached hydrogen (secondary N) is 2. The van der Waals surface area contributed by atoms with Gasteiger partial charge in [-0.15, -0.1) is 0 Å². The van der Waals surface area contributed by atoms with Gasteiger partial charge in [-0.1, -0.05) is 41.1 Å². The van der Waals surface area contributed by atoms with Crippen LogP contribution in [0.5, 0.6) is 5.75 Å². The predicted octanol–water partition coefficient (Wildman–Crippen LogP) is 3.40. The molecule has 0 unspecified atom stereocenters. The Kier molecular flexibility index (Phi) is 6.23. The van der Waals surface area contributed by atoms with Gasteiger partial charge in [0.25, 0.3) is 0 Å². The highest BCUT2D eigenvalue weighted by atomic mass is 32.2. The van der Waals surface area contributed by atoms with Crippen LogP contribution in [0.4, 0.5) is 5.88 Å². The fourth-order valence-corrected chi connectivity index (χ4v) is 4.17. The maximum Gasteiger partial charge on any atom is 0.244 e. The third-order valence-corrected chi connectivity index (χ3v) is 5.90. The molecular weight excluding hydrogens is 406 g/mol. The summed E-state index contributed by atoms with van der Waals surface area (Å²) in [7, 11) is -2.48. The Morgan fingerprint density at radius 3 is 2.47 bits per heavy atom. The summed E-state index contributed by atoms with van der Waals surface area (Å²) in [6, 6.07) is 12.3. The van der Waals surface area contributed by atoms with Crippen LogP contribution in [0.3, 0.4) is 0 Å². The van der Waals surface area contributed by atoms with E-state index in [9.17, 15) is 13.2 Å². The molecule has 0 fully saturated rings. The SMILES string of the molecule is COc1ccc(-c2c(C)noc2NC(C)=O)cc1S(=O)(=O)NCc1ccc(C)cc1. The summed E-state index contributed by atoms with van der Waals surface area (Å²) in [5, 5.41) is 6.44. The minimum Gasteiger partial charge on any atom is -0.495 e. The second-order valence-electron chi connectivity index (χ2n) is 6.83. The molecule has 1 heterocycles. The summed E-state index contributed by atoms with van der Waals surface area (Å²) >= 11 is 0. The van der Waals surface area contributed by atoms with Crippen molar-refractivity contribution in [2.75, 3.05) is 12.4 Å². The molecular formula is C21H23N3O5S. The molecule has 3 aromatic rings. The molecule has 0 aliphatic rings. The number of aryl methyl sites for hydroxylation is 2. The van der Waals surface area contributed by atoms with Gasteiger partial charge in [-0.25, -0.2) is 13.1 Å². The number of hydrogen-bond acceptors (Lipinski definition) is 6. The lowest BCUT2D eigenvalue weighted by molar-refractivity contribution is -0.114. The third kappa shape index (κ3) is 4.69. The van der Waals surface area contributed by atoms with Crippen molar-refractivity contribution in [2.45, 2.75) is 32.2 Å². The molecule has 0 aliphatic carbocycles. The largest absolute Gasteiger partial charge is 0.495 e. The number of benzene rings is 2. The van der Waals surface area contributed by atoms with Gasteiger partial charge in [0.05, 0.1) is 18.4 Å². The van der Waals surface area contributed by atoms with Gasteiger partial charge in [-0.05, 0) is 37.1 Å². The number of hydrogen-bond donors (Lipinski definition) is 2. The van der Waals surface area contributed by atoms with Gasteiger partial charge in [-0.2, -0.15) is 0 Å². The van der Waals surface area contributed by atoms with E-state index in [-0.39, 0.29) is 29.0 Å².